The Hall–Kier alpha value is -2.81. The number of carboxylic acid groups (broad SMARTS) is 1. The lowest BCUT2D eigenvalue weighted by atomic mass is 10.1. The minimum Gasteiger partial charge on any atom is -0.489 e. The van der Waals surface area contributed by atoms with Crippen molar-refractivity contribution in [3.05, 3.63) is 77.9 Å². The van der Waals surface area contributed by atoms with Crippen LogP contribution >= 0.6 is 0 Å². The molecule has 0 saturated carbocycles. The SMILES string of the molecule is O=C(O)Cc1ccccc1OCc1ccc2ccccc2c1. The van der Waals surface area contributed by atoms with Crippen molar-refractivity contribution in [3.8, 4) is 5.75 Å². The summed E-state index contributed by atoms with van der Waals surface area (Å²) in [4.78, 5) is 10.9. The Bertz CT molecular complexity index is 808. The van der Waals surface area contributed by atoms with E-state index in [4.69, 9.17) is 9.84 Å². The molecule has 3 aromatic carbocycles. The molecule has 0 aliphatic heterocycles. The molecule has 0 aliphatic carbocycles. The van der Waals surface area contributed by atoms with Gasteiger partial charge in [0.1, 0.15) is 12.4 Å². The first-order chi connectivity index (χ1) is 10.7. The first-order valence-corrected chi connectivity index (χ1v) is 7.12. The predicted molar refractivity (Wildman–Crippen MR) is 86.1 cm³/mol. The number of fused-ring (bicyclic) bond motifs is 1. The van der Waals surface area contributed by atoms with Gasteiger partial charge in [0.15, 0.2) is 0 Å². The molecule has 1 N–H and O–H groups in total. The molecule has 0 spiro atoms. The fourth-order valence-corrected chi connectivity index (χ4v) is 2.44. The van der Waals surface area contributed by atoms with Crippen LogP contribution in [0.4, 0.5) is 0 Å². The minimum atomic E-state index is -0.859. The summed E-state index contributed by atoms with van der Waals surface area (Å²) in [7, 11) is 0. The maximum Gasteiger partial charge on any atom is 0.307 e. The van der Waals surface area contributed by atoms with Gasteiger partial charge in [-0.05, 0) is 28.5 Å². The molecule has 0 bridgehead atoms. The van der Waals surface area contributed by atoms with Crippen LogP contribution in [0.2, 0.25) is 0 Å². The Labute approximate surface area is 128 Å². The molecule has 0 radical (unpaired) electrons. The van der Waals surface area contributed by atoms with Crippen molar-refractivity contribution in [1.29, 1.82) is 0 Å². The third-order valence-corrected chi connectivity index (χ3v) is 3.52. The van der Waals surface area contributed by atoms with Gasteiger partial charge in [0.25, 0.3) is 0 Å². The molecule has 0 aromatic heterocycles. The maximum atomic E-state index is 10.9. The van der Waals surface area contributed by atoms with Crippen molar-refractivity contribution >= 4 is 16.7 Å². The van der Waals surface area contributed by atoms with E-state index in [0.29, 0.717) is 17.9 Å². The Kier molecular flexibility index (Phi) is 4.05. The van der Waals surface area contributed by atoms with Crippen molar-refractivity contribution in [3.63, 3.8) is 0 Å². The van der Waals surface area contributed by atoms with Gasteiger partial charge < -0.3 is 9.84 Å². The van der Waals surface area contributed by atoms with Crippen LogP contribution in [0.15, 0.2) is 66.7 Å². The Morgan fingerprint density at radius 3 is 2.45 bits per heavy atom. The van der Waals surface area contributed by atoms with Gasteiger partial charge >= 0.3 is 5.97 Å². The van der Waals surface area contributed by atoms with Crippen LogP contribution in [0.25, 0.3) is 10.8 Å². The smallest absolute Gasteiger partial charge is 0.307 e. The first-order valence-electron chi connectivity index (χ1n) is 7.12. The predicted octanol–water partition coefficient (Wildman–Crippen LogP) is 4.05. The molecule has 22 heavy (non-hydrogen) atoms. The lowest BCUT2D eigenvalue weighted by molar-refractivity contribution is -0.136. The average Bonchev–Trinajstić information content (AvgIpc) is 2.53. The quantitative estimate of drug-likeness (QED) is 0.771. The van der Waals surface area contributed by atoms with Crippen LogP contribution in [0, 0.1) is 0 Å². The molecule has 110 valence electrons. The van der Waals surface area contributed by atoms with Gasteiger partial charge in [-0.3, -0.25) is 4.79 Å². The molecule has 0 aliphatic rings. The van der Waals surface area contributed by atoms with Gasteiger partial charge in [0, 0.05) is 5.56 Å². The molecule has 0 unspecified atom stereocenters. The number of carboxylic acids is 1. The summed E-state index contributed by atoms with van der Waals surface area (Å²) in [5, 5.41) is 11.3. The fourth-order valence-electron chi connectivity index (χ4n) is 2.44. The van der Waals surface area contributed by atoms with Crippen LogP contribution in [0.3, 0.4) is 0 Å². The number of aliphatic carboxylic acids is 1. The minimum absolute atomic E-state index is 0.0338. The van der Waals surface area contributed by atoms with E-state index in [2.05, 4.69) is 24.3 Å². The van der Waals surface area contributed by atoms with E-state index < -0.39 is 5.97 Å². The largest absolute Gasteiger partial charge is 0.489 e. The zero-order valence-electron chi connectivity index (χ0n) is 12.0. The first kappa shape index (κ1) is 14.1. The number of benzene rings is 3. The molecule has 3 heteroatoms. The van der Waals surface area contributed by atoms with Crippen molar-refractivity contribution in [2.45, 2.75) is 13.0 Å². The highest BCUT2D eigenvalue weighted by atomic mass is 16.5. The monoisotopic (exact) mass is 292 g/mol. The van der Waals surface area contributed by atoms with Crippen molar-refractivity contribution in [2.75, 3.05) is 0 Å². The molecule has 0 atom stereocenters. The highest BCUT2D eigenvalue weighted by molar-refractivity contribution is 5.82. The zero-order chi connectivity index (χ0) is 15.4. The van der Waals surface area contributed by atoms with Gasteiger partial charge in [-0.15, -0.1) is 0 Å². The van der Waals surface area contributed by atoms with E-state index in [1.165, 1.54) is 10.8 Å². The molecule has 3 aromatic rings. The van der Waals surface area contributed by atoms with Crippen LogP contribution in [-0.2, 0) is 17.8 Å². The summed E-state index contributed by atoms with van der Waals surface area (Å²) in [5.41, 5.74) is 1.75. The molecule has 0 amide bonds. The second-order valence-corrected chi connectivity index (χ2v) is 5.15. The van der Waals surface area contributed by atoms with E-state index in [0.717, 1.165) is 5.56 Å². The fraction of sp³-hybridized carbons (Fsp3) is 0.105. The van der Waals surface area contributed by atoms with Gasteiger partial charge in [0.2, 0.25) is 0 Å². The van der Waals surface area contributed by atoms with E-state index in [9.17, 15) is 4.79 Å². The number of carbonyl (C=O) groups is 1. The summed E-state index contributed by atoms with van der Waals surface area (Å²) in [6.07, 6.45) is -0.0338. The topological polar surface area (TPSA) is 46.5 Å². The number of hydrogen-bond donors (Lipinski definition) is 1. The van der Waals surface area contributed by atoms with Crippen LogP contribution in [0.1, 0.15) is 11.1 Å². The highest BCUT2D eigenvalue weighted by Crippen LogP contribution is 2.21. The summed E-state index contributed by atoms with van der Waals surface area (Å²) >= 11 is 0. The van der Waals surface area contributed by atoms with Crippen LogP contribution in [-0.4, -0.2) is 11.1 Å². The molecule has 0 heterocycles. The van der Waals surface area contributed by atoms with Crippen molar-refractivity contribution < 1.29 is 14.6 Å². The molecule has 3 rings (SSSR count). The third kappa shape index (κ3) is 3.26. The number of ether oxygens (including phenoxy) is 1. The molecule has 0 saturated heterocycles. The maximum absolute atomic E-state index is 10.9. The van der Waals surface area contributed by atoms with Gasteiger partial charge in [0.05, 0.1) is 6.42 Å². The Morgan fingerprint density at radius 1 is 0.909 bits per heavy atom. The summed E-state index contributed by atoms with van der Waals surface area (Å²) in [6, 6.07) is 21.6. The number of hydrogen-bond acceptors (Lipinski definition) is 2. The Balaban J connectivity index is 1.77. The second-order valence-electron chi connectivity index (χ2n) is 5.15. The summed E-state index contributed by atoms with van der Waals surface area (Å²) < 4.78 is 5.81. The van der Waals surface area contributed by atoms with E-state index >= 15 is 0 Å². The van der Waals surface area contributed by atoms with Crippen LogP contribution < -0.4 is 4.74 Å². The van der Waals surface area contributed by atoms with E-state index in [1.807, 2.05) is 30.3 Å². The summed E-state index contributed by atoms with van der Waals surface area (Å²) in [6.45, 7) is 0.418. The highest BCUT2D eigenvalue weighted by Gasteiger charge is 2.07. The van der Waals surface area contributed by atoms with Gasteiger partial charge in [-0.2, -0.15) is 0 Å². The lowest BCUT2D eigenvalue weighted by Crippen LogP contribution is -2.04. The van der Waals surface area contributed by atoms with Gasteiger partial charge in [-0.25, -0.2) is 0 Å². The molecule has 3 nitrogen and oxygen atoms in total. The molecular formula is C19H16O3. The lowest BCUT2D eigenvalue weighted by Gasteiger charge is -2.11. The zero-order valence-corrected chi connectivity index (χ0v) is 12.0. The second kappa shape index (κ2) is 6.31. The molecule has 0 fully saturated rings. The summed E-state index contributed by atoms with van der Waals surface area (Å²) in [5.74, 6) is -0.236. The average molecular weight is 292 g/mol. The van der Waals surface area contributed by atoms with E-state index in [-0.39, 0.29) is 6.42 Å². The van der Waals surface area contributed by atoms with Crippen molar-refractivity contribution in [2.24, 2.45) is 0 Å². The normalized spacial score (nSPS) is 10.5. The number of para-hydroxylation sites is 1. The van der Waals surface area contributed by atoms with Crippen LogP contribution in [0.5, 0.6) is 5.75 Å². The Morgan fingerprint density at radius 2 is 1.64 bits per heavy atom. The standard InChI is InChI=1S/C19H16O3/c20-19(21)12-17-7-3-4-8-18(17)22-13-14-9-10-15-5-1-2-6-16(15)11-14/h1-11H,12-13H2,(H,20,21). The van der Waals surface area contributed by atoms with Gasteiger partial charge in [-0.1, -0.05) is 54.6 Å². The van der Waals surface area contributed by atoms with E-state index in [1.54, 1.807) is 12.1 Å². The molecular weight excluding hydrogens is 276 g/mol. The van der Waals surface area contributed by atoms with Crippen molar-refractivity contribution in [1.82, 2.24) is 0 Å². The number of rotatable bonds is 5. The third-order valence-electron chi connectivity index (χ3n) is 3.52.